The monoisotopic (exact) mass is 463 g/mol. The van der Waals surface area contributed by atoms with E-state index in [1.54, 1.807) is 31.2 Å². The van der Waals surface area contributed by atoms with E-state index >= 15 is 0 Å². The van der Waals surface area contributed by atoms with Gasteiger partial charge in [-0.2, -0.15) is 0 Å². The molecule has 3 aromatic rings. The Kier molecular flexibility index (Phi) is 4.32. The van der Waals surface area contributed by atoms with Crippen molar-refractivity contribution in [2.45, 2.75) is 31.6 Å². The molecule has 0 radical (unpaired) electrons. The van der Waals surface area contributed by atoms with Crippen LogP contribution in [0.3, 0.4) is 0 Å². The largest absolute Gasteiger partial charge is 0.423 e. The van der Waals surface area contributed by atoms with Crippen LogP contribution < -0.4 is 9.64 Å². The van der Waals surface area contributed by atoms with E-state index in [0.29, 0.717) is 17.0 Å². The second kappa shape index (κ2) is 7.01. The van der Waals surface area contributed by atoms with Crippen molar-refractivity contribution in [1.29, 1.82) is 0 Å². The molecule has 2 unspecified atom stereocenters. The van der Waals surface area contributed by atoms with Gasteiger partial charge in [0, 0.05) is 16.4 Å². The minimum atomic E-state index is -0.617. The Labute approximate surface area is 204 Å². The fourth-order valence-electron chi connectivity index (χ4n) is 6.68. The summed E-state index contributed by atoms with van der Waals surface area (Å²) in [5, 5.41) is 0. The summed E-state index contributed by atoms with van der Waals surface area (Å²) < 4.78 is 5.28. The number of ether oxygens (including phenoxy) is 1. The molecule has 1 fully saturated rings. The average molecular weight is 464 g/mol. The lowest BCUT2D eigenvalue weighted by Gasteiger charge is -2.57. The van der Waals surface area contributed by atoms with Gasteiger partial charge in [-0.1, -0.05) is 69.0 Å². The molecule has 0 N–H and O–H groups in total. The summed E-state index contributed by atoms with van der Waals surface area (Å²) >= 11 is 0. The molecule has 3 aromatic carbocycles. The maximum atomic E-state index is 14.1. The molecule has 0 aromatic heterocycles. The number of rotatable bonds is 3. The molecule has 5 nitrogen and oxygen atoms in total. The number of hydrogen-bond acceptors (Lipinski definition) is 4. The molecule has 1 saturated heterocycles. The first-order valence-electron chi connectivity index (χ1n) is 11.8. The number of benzene rings is 3. The van der Waals surface area contributed by atoms with Crippen molar-refractivity contribution in [3.8, 4) is 5.75 Å². The van der Waals surface area contributed by atoms with E-state index in [-0.39, 0.29) is 11.8 Å². The maximum Gasteiger partial charge on any atom is 0.338 e. The Morgan fingerprint density at radius 2 is 1.17 bits per heavy atom. The molecule has 4 aliphatic rings. The van der Waals surface area contributed by atoms with E-state index in [4.69, 9.17) is 4.74 Å². The van der Waals surface area contributed by atoms with E-state index in [0.717, 1.165) is 22.3 Å². The smallest absolute Gasteiger partial charge is 0.338 e. The molecule has 5 heteroatoms. The highest BCUT2D eigenvalue weighted by atomic mass is 16.5. The van der Waals surface area contributed by atoms with Gasteiger partial charge in [-0.25, -0.2) is 9.69 Å². The van der Waals surface area contributed by atoms with Gasteiger partial charge in [0.15, 0.2) is 0 Å². The van der Waals surface area contributed by atoms with E-state index < -0.39 is 28.6 Å². The molecule has 0 saturated carbocycles. The highest BCUT2D eigenvalue weighted by molar-refractivity contribution is 6.24. The number of imide groups is 1. The summed E-state index contributed by atoms with van der Waals surface area (Å²) in [6.07, 6.45) is 0. The summed E-state index contributed by atoms with van der Waals surface area (Å²) in [6.45, 7) is 9.38. The Morgan fingerprint density at radius 3 is 1.54 bits per heavy atom. The van der Waals surface area contributed by atoms with E-state index in [1.165, 1.54) is 4.90 Å². The van der Waals surface area contributed by atoms with Crippen molar-refractivity contribution in [3.63, 3.8) is 0 Å². The maximum absolute atomic E-state index is 14.1. The quantitative estimate of drug-likeness (QED) is 0.240. The second-order valence-corrected chi connectivity index (χ2v) is 10.1. The van der Waals surface area contributed by atoms with Gasteiger partial charge in [0.25, 0.3) is 0 Å². The SMILES string of the molecule is C=C(C)C(=O)Oc1ccc(N2C(=O)C3C(C2=O)C2(C)c4ccccc4C3(C)c3ccccc32)cc1. The zero-order valence-corrected chi connectivity index (χ0v) is 19.9. The highest BCUT2D eigenvalue weighted by Gasteiger charge is 2.70. The minimum Gasteiger partial charge on any atom is -0.423 e. The van der Waals surface area contributed by atoms with Crippen LogP contribution in [0.2, 0.25) is 0 Å². The van der Waals surface area contributed by atoms with Gasteiger partial charge in [0.2, 0.25) is 11.8 Å². The summed E-state index contributed by atoms with van der Waals surface area (Å²) in [4.78, 5) is 41.3. The van der Waals surface area contributed by atoms with Crippen LogP contribution in [0.25, 0.3) is 0 Å². The minimum absolute atomic E-state index is 0.190. The van der Waals surface area contributed by atoms with E-state index in [2.05, 4.69) is 44.7 Å². The first-order chi connectivity index (χ1) is 16.7. The molecular weight excluding hydrogens is 438 g/mol. The molecule has 3 aliphatic carbocycles. The zero-order valence-electron chi connectivity index (χ0n) is 19.9. The number of hydrogen-bond donors (Lipinski definition) is 0. The third-order valence-corrected chi connectivity index (χ3v) is 8.30. The first kappa shape index (κ1) is 21.5. The summed E-state index contributed by atoms with van der Waals surface area (Å²) in [5.41, 5.74) is 4.01. The van der Waals surface area contributed by atoms with Gasteiger partial charge in [0.1, 0.15) is 5.75 Å². The van der Waals surface area contributed by atoms with Gasteiger partial charge < -0.3 is 4.74 Å². The van der Waals surface area contributed by atoms with Gasteiger partial charge in [-0.05, 0) is 53.4 Å². The van der Waals surface area contributed by atoms with Gasteiger partial charge >= 0.3 is 5.97 Å². The third kappa shape index (κ3) is 2.55. The Hall–Kier alpha value is -3.99. The number of esters is 1. The summed E-state index contributed by atoms with van der Waals surface area (Å²) in [7, 11) is 0. The van der Waals surface area contributed by atoms with Crippen LogP contribution in [0.1, 0.15) is 43.0 Å². The molecule has 174 valence electrons. The second-order valence-electron chi connectivity index (χ2n) is 10.1. The molecule has 1 aliphatic heterocycles. The normalized spacial score (nSPS) is 27.8. The van der Waals surface area contributed by atoms with Crippen LogP contribution in [0.15, 0.2) is 84.9 Å². The first-order valence-corrected chi connectivity index (χ1v) is 11.8. The molecule has 2 amide bonds. The fraction of sp³-hybridized carbons (Fsp3) is 0.233. The zero-order chi connectivity index (χ0) is 24.7. The lowest BCUT2D eigenvalue weighted by molar-refractivity contribution is -0.130. The Bertz CT molecular complexity index is 1330. The number of nitrogens with zero attached hydrogens (tertiary/aromatic N) is 1. The standard InChI is InChI=1S/C30H25NO4/c1-17(2)28(34)35-19-15-13-18(14-16-19)31-26(32)24-25(27(31)33)30(4)22-11-7-5-9-20(22)29(24,3)21-10-6-8-12-23(21)30/h5-16,24-25H,1H2,2-4H3. The molecule has 35 heavy (non-hydrogen) atoms. The molecule has 0 spiro atoms. The molecular formula is C30H25NO4. The summed E-state index contributed by atoms with van der Waals surface area (Å²) in [6, 6.07) is 22.9. The molecule has 2 atom stereocenters. The molecule has 7 rings (SSSR count). The van der Waals surface area contributed by atoms with Crippen molar-refractivity contribution in [3.05, 3.63) is 107 Å². The number of carbonyl (C=O) groups is 3. The third-order valence-electron chi connectivity index (χ3n) is 8.30. The Balaban J connectivity index is 1.48. The van der Waals surface area contributed by atoms with Crippen molar-refractivity contribution in [2.75, 3.05) is 4.90 Å². The number of amides is 2. The number of carbonyl (C=O) groups excluding carboxylic acids is 3. The van der Waals surface area contributed by atoms with E-state index in [1.807, 2.05) is 24.3 Å². The predicted octanol–water partition coefficient (Wildman–Crippen LogP) is 4.91. The average Bonchev–Trinajstić information content (AvgIpc) is 3.14. The van der Waals surface area contributed by atoms with Crippen molar-refractivity contribution in [2.24, 2.45) is 11.8 Å². The lowest BCUT2D eigenvalue weighted by atomic mass is 9.42. The van der Waals surface area contributed by atoms with Crippen LogP contribution in [0.5, 0.6) is 5.75 Å². The van der Waals surface area contributed by atoms with Crippen molar-refractivity contribution < 1.29 is 19.1 Å². The van der Waals surface area contributed by atoms with Gasteiger partial charge in [-0.15, -0.1) is 0 Å². The van der Waals surface area contributed by atoms with Gasteiger partial charge in [-0.3, -0.25) is 9.59 Å². The lowest BCUT2D eigenvalue weighted by Crippen LogP contribution is -2.59. The van der Waals surface area contributed by atoms with Crippen LogP contribution in [-0.2, 0) is 25.2 Å². The summed E-state index contributed by atoms with van der Waals surface area (Å²) in [5.74, 6) is -1.59. The number of anilines is 1. The fourth-order valence-corrected chi connectivity index (χ4v) is 6.68. The van der Waals surface area contributed by atoms with E-state index in [9.17, 15) is 14.4 Å². The van der Waals surface area contributed by atoms with Crippen LogP contribution in [-0.4, -0.2) is 17.8 Å². The van der Waals surface area contributed by atoms with Gasteiger partial charge in [0.05, 0.1) is 17.5 Å². The van der Waals surface area contributed by atoms with Crippen molar-refractivity contribution >= 4 is 23.5 Å². The molecule has 2 bridgehead atoms. The van der Waals surface area contributed by atoms with Crippen LogP contribution in [0, 0.1) is 11.8 Å². The highest BCUT2D eigenvalue weighted by Crippen LogP contribution is 2.66. The predicted molar refractivity (Wildman–Crippen MR) is 132 cm³/mol. The molecule has 1 heterocycles. The van der Waals surface area contributed by atoms with Crippen molar-refractivity contribution in [1.82, 2.24) is 0 Å². The Morgan fingerprint density at radius 1 is 0.771 bits per heavy atom. The van der Waals surface area contributed by atoms with Crippen LogP contribution in [0.4, 0.5) is 5.69 Å². The topological polar surface area (TPSA) is 63.7 Å². The van der Waals surface area contributed by atoms with Crippen LogP contribution >= 0.6 is 0 Å².